The molecule has 1 aliphatic heterocycles. The number of benzene rings is 1. The van der Waals surface area contributed by atoms with Crippen molar-refractivity contribution in [3.8, 4) is 0 Å². The minimum absolute atomic E-state index is 0.0263. The van der Waals surface area contributed by atoms with Crippen LogP contribution < -0.4 is 5.32 Å². The lowest BCUT2D eigenvalue weighted by molar-refractivity contribution is -0.133. The Kier molecular flexibility index (Phi) is 6.52. The van der Waals surface area contributed by atoms with Gasteiger partial charge in [0, 0.05) is 39.1 Å². The molecule has 1 N–H and O–H groups in total. The number of hydrogen-bond donors (Lipinski definition) is 1. The average Bonchev–Trinajstić information content (AvgIpc) is 2.53. The van der Waals surface area contributed by atoms with E-state index in [-0.39, 0.29) is 17.6 Å². The number of aryl methyl sites for hydroxylation is 1. The highest BCUT2D eigenvalue weighted by molar-refractivity contribution is 5.78. The van der Waals surface area contributed by atoms with Crippen molar-refractivity contribution in [2.75, 3.05) is 39.3 Å². The summed E-state index contributed by atoms with van der Waals surface area (Å²) in [4.78, 5) is 27.7. The van der Waals surface area contributed by atoms with E-state index in [1.807, 2.05) is 17.9 Å². The fraction of sp³-hybridized carbons (Fsp3) is 0.529. The van der Waals surface area contributed by atoms with E-state index in [1.54, 1.807) is 6.07 Å². The zero-order chi connectivity index (χ0) is 16.7. The summed E-state index contributed by atoms with van der Waals surface area (Å²) in [6.07, 6.45) is 0.940. The van der Waals surface area contributed by atoms with Gasteiger partial charge >= 0.3 is 0 Å². The Hall–Kier alpha value is -1.95. The zero-order valence-corrected chi connectivity index (χ0v) is 13.6. The van der Waals surface area contributed by atoms with Crippen LogP contribution in [0.15, 0.2) is 24.3 Å². The average molecular weight is 321 g/mol. The number of piperazine rings is 1. The van der Waals surface area contributed by atoms with Crippen LogP contribution in [-0.4, -0.2) is 60.9 Å². The van der Waals surface area contributed by atoms with Gasteiger partial charge in [0.2, 0.25) is 11.8 Å². The monoisotopic (exact) mass is 321 g/mol. The molecule has 1 heterocycles. The molecule has 2 amide bonds. The lowest BCUT2D eigenvalue weighted by atomic mass is 10.1. The van der Waals surface area contributed by atoms with Gasteiger partial charge in [0.1, 0.15) is 5.82 Å². The molecule has 0 saturated carbocycles. The van der Waals surface area contributed by atoms with Gasteiger partial charge in [0.25, 0.3) is 0 Å². The number of rotatable bonds is 6. The van der Waals surface area contributed by atoms with E-state index in [1.165, 1.54) is 12.1 Å². The second-order valence-corrected chi connectivity index (χ2v) is 5.74. The molecule has 126 valence electrons. The van der Waals surface area contributed by atoms with E-state index in [0.29, 0.717) is 52.1 Å². The molecule has 0 atom stereocenters. The molecule has 0 radical (unpaired) electrons. The van der Waals surface area contributed by atoms with Crippen molar-refractivity contribution >= 4 is 11.8 Å². The van der Waals surface area contributed by atoms with Crippen molar-refractivity contribution in [2.24, 2.45) is 0 Å². The van der Waals surface area contributed by atoms with Crippen LogP contribution >= 0.6 is 0 Å². The molecule has 1 saturated heterocycles. The molecule has 0 bridgehead atoms. The Labute approximate surface area is 136 Å². The summed E-state index contributed by atoms with van der Waals surface area (Å²) in [7, 11) is 0. The van der Waals surface area contributed by atoms with E-state index in [0.717, 1.165) is 5.56 Å². The van der Waals surface area contributed by atoms with Gasteiger partial charge in [-0.2, -0.15) is 0 Å². The SMILES string of the molecule is CCNC(=O)CN1CCN(C(=O)CCc2cccc(F)c2)CC1. The normalized spacial score (nSPS) is 15.5. The molecule has 0 aliphatic carbocycles. The van der Waals surface area contributed by atoms with Gasteiger partial charge in [-0.3, -0.25) is 14.5 Å². The molecule has 1 aromatic rings. The molecule has 2 rings (SSSR count). The number of likely N-dealkylation sites (N-methyl/N-ethyl adjacent to an activating group) is 1. The number of carbonyl (C=O) groups excluding carboxylic acids is 2. The Morgan fingerprint density at radius 3 is 2.61 bits per heavy atom. The van der Waals surface area contributed by atoms with Gasteiger partial charge in [-0.1, -0.05) is 12.1 Å². The highest BCUT2D eigenvalue weighted by atomic mass is 19.1. The smallest absolute Gasteiger partial charge is 0.234 e. The van der Waals surface area contributed by atoms with Crippen molar-refractivity contribution in [1.82, 2.24) is 15.1 Å². The van der Waals surface area contributed by atoms with Crippen LogP contribution in [0.5, 0.6) is 0 Å². The molecule has 5 nitrogen and oxygen atoms in total. The number of nitrogens with zero attached hydrogens (tertiary/aromatic N) is 2. The quantitative estimate of drug-likeness (QED) is 0.852. The molecular weight excluding hydrogens is 297 g/mol. The first kappa shape index (κ1) is 17.4. The summed E-state index contributed by atoms with van der Waals surface area (Å²) in [5.74, 6) is -0.153. The summed E-state index contributed by atoms with van der Waals surface area (Å²) in [5.41, 5.74) is 0.841. The number of amides is 2. The van der Waals surface area contributed by atoms with Crippen molar-refractivity contribution in [2.45, 2.75) is 19.8 Å². The highest BCUT2D eigenvalue weighted by Crippen LogP contribution is 2.09. The van der Waals surface area contributed by atoms with Crippen LogP contribution in [0.2, 0.25) is 0 Å². The molecule has 1 aromatic carbocycles. The van der Waals surface area contributed by atoms with Crippen LogP contribution in [0.25, 0.3) is 0 Å². The van der Waals surface area contributed by atoms with E-state index >= 15 is 0 Å². The summed E-state index contributed by atoms with van der Waals surface area (Å²) in [5, 5.41) is 2.78. The molecule has 0 spiro atoms. The van der Waals surface area contributed by atoms with E-state index in [4.69, 9.17) is 0 Å². The largest absolute Gasteiger partial charge is 0.355 e. The van der Waals surface area contributed by atoms with Crippen LogP contribution in [-0.2, 0) is 16.0 Å². The number of nitrogens with one attached hydrogen (secondary N) is 1. The lowest BCUT2D eigenvalue weighted by Gasteiger charge is -2.34. The number of halogens is 1. The summed E-state index contributed by atoms with van der Waals surface area (Å²) in [6, 6.07) is 6.37. The van der Waals surface area contributed by atoms with Gasteiger partial charge in [0.15, 0.2) is 0 Å². The lowest BCUT2D eigenvalue weighted by Crippen LogP contribution is -2.51. The maximum Gasteiger partial charge on any atom is 0.234 e. The highest BCUT2D eigenvalue weighted by Gasteiger charge is 2.21. The topological polar surface area (TPSA) is 52.7 Å². The Morgan fingerprint density at radius 2 is 1.96 bits per heavy atom. The minimum Gasteiger partial charge on any atom is -0.355 e. The fourth-order valence-corrected chi connectivity index (χ4v) is 2.71. The van der Waals surface area contributed by atoms with Gasteiger partial charge in [0.05, 0.1) is 6.54 Å². The van der Waals surface area contributed by atoms with E-state index in [2.05, 4.69) is 10.2 Å². The minimum atomic E-state index is -0.270. The first-order valence-electron chi connectivity index (χ1n) is 8.09. The molecule has 1 fully saturated rings. The van der Waals surface area contributed by atoms with Crippen LogP contribution in [0.3, 0.4) is 0 Å². The third-order valence-corrected chi connectivity index (χ3v) is 3.98. The molecular formula is C17H24FN3O2. The second-order valence-electron chi connectivity index (χ2n) is 5.74. The van der Waals surface area contributed by atoms with Crippen molar-refractivity contribution < 1.29 is 14.0 Å². The molecule has 6 heteroatoms. The standard InChI is InChI=1S/C17H24FN3O2/c1-2-19-16(22)13-20-8-10-21(11-9-20)17(23)7-6-14-4-3-5-15(18)12-14/h3-5,12H,2,6-11,13H2,1H3,(H,19,22). The van der Waals surface area contributed by atoms with Crippen molar-refractivity contribution in [3.63, 3.8) is 0 Å². The number of carbonyl (C=O) groups is 2. The van der Waals surface area contributed by atoms with Crippen LogP contribution in [0, 0.1) is 5.82 Å². The first-order chi connectivity index (χ1) is 11.1. The van der Waals surface area contributed by atoms with Crippen LogP contribution in [0.4, 0.5) is 4.39 Å². The van der Waals surface area contributed by atoms with E-state index in [9.17, 15) is 14.0 Å². The Balaban J connectivity index is 1.72. The number of hydrogen-bond acceptors (Lipinski definition) is 3. The van der Waals surface area contributed by atoms with Gasteiger partial charge in [-0.05, 0) is 31.0 Å². The first-order valence-corrected chi connectivity index (χ1v) is 8.09. The van der Waals surface area contributed by atoms with Crippen molar-refractivity contribution in [3.05, 3.63) is 35.6 Å². The summed E-state index contributed by atoms with van der Waals surface area (Å²) >= 11 is 0. The van der Waals surface area contributed by atoms with Crippen molar-refractivity contribution in [1.29, 1.82) is 0 Å². The zero-order valence-electron chi connectivity index (χ0n) is 13.6. The van der Waals surface area contributed by atoms with Gasteiger partial charge in [-0.25, -0.2) is 4.39 Å². The molecule has 0 unspecified atom stereocenters. The fourth-order valence-electron chi connectivity index (χ4n) is 2.71. The maximum atomic E-state index is 13.1. The molecule has 0 aromatic heterocycles. The Morgan fingerprint density at radius 1 is 1.22 bits per heavy atom. The maximum absolute atomic E-state index is 13.1. The third kappa shape index (κ3) is 5.63. The molecule has 23 heavy (non-hydrogen) atoms. The van der Waals surface area contributed by atoms with Gasteiger partial charge in [-0.15, -0.1) is 0 Å². The third-order valence-electron chi connectivity index (χ3n) is 3.98. The molecule has 1 aliphatic rings. The summed E-state index contributed by atoms with van der Waals surface area (Å²) in [6.45, 7) is 5.62. The second kappa shape index (κ2) is 8.62. The van der Waals surface area contributed by atoms with Gasteiger partial charge < -0.3 is 10.2 Å². The Bertz CT molecular complexity index is 542. The summed E-state index contributed by atoms with van der Waals surface area (Å²) < 4.78 is 13.1. The predicted molar refractivity (Wildman–Crippen MR) is 86.4 cm³/mol. The van der Waals surface area contributed by atoms with E-state index < -0.39 is 0 Å². The predicted octanol–water partition coefficient (Wildman–Crippen LogP) is 1.04. The van der Waals surface area contributed by atoms with Crippen LogP contribution in [0.1, 0.15) is 18.9 Å².